The maximum absolute atomic E-state index is 12.4. The van der Waals surface area contributed by atoms with Gasteiger partial charge in [0, 0.05) is 30.4 Å². The fourth-order valence-electron chi connectivity index (χ4n) is 6.31. The lowest BCUT2D eigenvalue weighted by molar-refractivity contribution is -0.283. The highest BCUT2D eigenvalue weighted by Crippen LogP contribution is 2.52. The Morgan fingerprint density at radius 1 is 0.634 bits per heavy atom. The molecule has 0 aromatic heterocycles. The van der Waals surface area contributed by atoms with Crippen molar-refractivity contribution in [3.63, 3.8) is 0 Å². The predicted molar refractivity (Wildman–Crippen MR) is 166 cm³/mol. The average Bonchev–Trinajstić information content (AvgIpc) is 3.04. The van der Waals surface area contributed by atoms with Gasteiger partial charge in [-0.05, 0) is 40.5 Å². The zero-order valence-electron chi connectivity index (χ0n) is 23.2. The molecule has 4 nitrogen and oxygen atoms in total. The molecule has 1 atom stereocenters. The Morgan fingerprint density at radius 3 is 1.66 bits per heavy atom. The summed E-state index contributed by atoms with van der Waals surface area (Å²) in [6.45, 7) is 0. The monoisotopic (exact) mass is 559 g/mol. The maximum atomic E-state index is 12.4. The Hall–Kier alpha value is -3.87. The van der Waals surface area contributed by atoms with Gasteiger partial charge in [-0.3, -0.25) is 0 Å². The van der Waals surface area contributed by atoms with Crippen LogP contribution < -0.4 is 5.32 Å². The zero-order chi connectivity index (χ0) is 28.3. The Bertz CT molecular complexity index is 1510. The fraction of sp³-hybridized carbons (Fsp3) is 0.167. The molecule has 206 valence electrons. The van der Waals surface area contributed by atoms with Gasteiger partial charge in [0.1, 0.15) is 11.5 Å². The standard InChI is InChI=1S/C36H33NO3S/c1-39-36(40-2,33(38)25-26-15-14-24-32-34(26)37-30-22-12-13-23-31(30)41-32)35(27-16-6-3-7-17-27,28-18-8-4-9-19-28)29-20-10-5-11-21-29/h3-24,33,37-38H,25H2,1-2H3. The summed E-state index contributed by atoms with van der Waals surface area (Å²) >= 11 is 1.73. The molecule has 0 saturated heterocycles. The second-order valence-corrected chi connectivity index (χ2v) is 11.2. The summed E-state index contributed by atoms with van der Waals surface area (Å²) in [7, 11) is 3.25. The SMILES string of the molecule is COC(OC)(C(O)Cc1cccc2c1Nc1ccccc1S2)C(c1ccccc1)(c1ccccc1)c1ccccc1. The van der Waals surface area contributed by atoms with E-state index in [1.807, 2.05) is 72.8 Å². The van der Waals surface area contributed by atoms with Gasteiger partial charge in [-0.15, -0.1) is 0 Å². The molecule has 1 aliphatic heterocycles. The summed E-state index contributed by atoms with van der Waals surface area (Å²) in [5, 5.41) is 16.1. The van der Waals surface area contributed by atoms with Crippen molar-refractivity contribution in [2.24, 2.45) is 0 Å². The highest BCUT2D eigenvalue weighted by Gasteiger charge is 2.60. The van der Waals surface area contributed by atoms with E-state index in [1.165, 1.54) is 4.90 Å². The molecular weight excluding hydrogens is 526 g/mol. The van der Waals surface area contributed by atoms with Gasteiger partial charge in [0.05, 0.1) is 11.4 Å². The van der Waals surface area contributed by atoms with E-state index >= 15 is 0 Å². The average molecular weight is 560 g/mol. The van der Waals surface area contributed by atoms with Crippen LogP contribution in [0.2, 0.25) is 0 Å². The van der Waals surface area contributed by atoms with Crippen LogP contribution in [0.15, 0.2) is 143 Å². The van der Waals surface area contributed by atoms with Crippen molar-refractivity contribution in [2.75, 3.05) is 19.5 Å². The van der Waals surface area contributed by atoms with Crippen molar-refractivity contribution in [1.29, 1.82) is 0 Å². The largest absolute Gasteiger partial charge is 0.387 e. The van der Waals surface area contributed by atoms with E-state index in [9.17, 15) is 5.11 Å². The quantitative estimate of drug-likeness (QED) is 0.140. The molecule has 5 aromatic carbocycles. The summed E-state index contributed by atoms with van der Waals surface area (Å²) in [5.41, 5.74) is 4.90. The lowest BCUT2D eigenvalue weighted by Gasteiger charge is -2.52. The fourth-order valence-corrected chi connectivity index (χ4v) is 7.35. The normalized spacial score (nSPS) is 13.5. The van der Waals surface area contributed by atoms with Gasteiger partial charge in [-0.25, -0.2) is 0 Å². The molecule has 0 bridgehead atoms. The molecule has 1 heterocycles. The zero-order valence-corrected chi connectivity index (χ0v) is 24.0. The van der Waals surface area contributed by atoms with Crippen LogP contribution in [0.4, 0.5) is 11.4 Å². The van der Waals surface area contributed by atoms with E-state index in [0.29, 0.717) is 6.42 Å². The number of benzene rings is 5. The van der Waals surface area contributed by atoms with Crippen molar-refractivity contribution >= 4 is 23.1 Å². The molecule has 0 saturated carbocycles. The summed E-state index contributed by atoms with van der Waals surface area (Å²) in [6.07, 6.45) is -0.761. The summed E-state index contributed by atoms with van der Waals surface area (Å²) in [5.74, 6) is -1.50. The van der Waals surface area contributed by atoms with E-state index in [0.717, 1.165) is 38.5 Å². The number of methoxy groups -OCH3 is 2. The van der Waals surface area contributed by atoms with Crippen LogP contribution in [0, 0.1) is 0 Å². The third kappa shape index (κ3) is 4.55. The number of rotatable bonds is 9. The lowest BCUT2D eigenvalue weighted by Crippen LogP contribution is -2.63. The van der Waals surface area contributed by atoms with Gasteiger partial charge >= 0.3 is 0 Å². The Labute approximate surface area is 246 Å². The Kier molecular flexibility index (Phi) is 7.69. The van der Waals surface area contributed by atoms with Gasteiger partial charge in [0.15, 0.2) is 0 Å². The lowest BCUT2D eigenvalue weighted by atomic mass is 9.61. The van der Waals surface area contributed by atoms with E-state index in [-0.39, 0.29) is 0 Å². The molecule has 1 aliphatic rings. The first-order chi connectivity index (χ1) is 20.1. The van der Waals surface area contributed by atoms with Crippen LogP contribution in [0.25, 0.3) is 0 Å². The highest BCUT2D eigenvalue weighted by atomic mass is 32.2. The topological polar surface area (TPSA) is 50.7 Å². The summed E-state index contributed by atoms with van der Waals surface area (Å²) in [6, 6.07) is 45.1. The summed E-state index contributed by atoms with van der Waals surface area (Å²) < 4.78 is 12.9. The molecule has 1 unspecified atom stereocenters. The van der Waals surface area contributed by atoms with Crippen LogP contribution in [0.1, 0.15) is 22.3 Å². The number of para-hydroxylation sites is 2. The van der Waals surface area contributed by atoms with Crippen LogP contribution in [0.3, 0.4) is 0 Å². The minimum atomic E-state index is -1.50. The highest BCUT2D eigenvalue weighted by molar-refractivity contribution is 7.99. The predicted octanol–water partition coefficient (Wildman–Crippen LogP) is 7.82. The van der Waals surface area contributed by atoms with E-state index in [4.69, 9.17) is 9.47 Å². The first-order valence-corrected chi connectivity index (χ1v) is 14.6. The molecule has 0 aliphatic carbocycles. The second-order valence-electron chi connectivity index (χ2n) is 10.2. The smallest absolute Gasteiger partial charge is 0.212 e. The Morgan fingerprint density at radius 2 is 1.12 bits per heavy atom. The van der Waals surface area contributed by atoms with Crippen molar-refractivity contribution in [3.8, 4) is 0 Å². The number of hydrogen-bond acceptors (Lipinski definition) is 5. The molecule has 6 rings (SSSR count). The first kappa shape index (κ1) is 27.3. The van der Waals surface area contributed by atoms with Gasteiger partial charge < -0.3 is 19.9 Å². The molecule has 0 radical (unpaired) electrons. The minimum absolute atomic E-state index is 0.300. The molecule has 2 N–H and O–H groups in total. The number of hydrogen-bond donors (Lipinski definition) is 2. The number of nitrogens with one attached hydrogen (secondary N) is 1. The van der Waals surface area contributed by atoms with Crippen LogP contribution in [-0.2, 0) is 21.3 Å². The van der Waals surface area contributed by atoms with E-state index in [2.05, 4.69) is 66.0 Å². The van der Waals surface area contributed by atoms with Gasteiger partial charge in [-0.1, -0.05) is 127 Å². The van der Waals surface area contributed by atoms with E-state index < -0.39 is 17.3 Å². The number of ether oxygens (including phenoxy) is 2. The van der Waals surface area contributed by atoms with Gasteiger partial charge in [0.25, 0.3) is 0 Å². The van der Waals surface area contributed by atoms with E-state index in [1.54, 1.807) is 26.0 Å². The first-order valence-electron chi connectivity index (χ1n) is 13.7. The molecule has 41 heavy (non-hydrogen) atoms. The molecule has 5 aromatic rings. The van der Waals surface area contributed by atoms with Crippen molar-refractivity contribution in [2.45, 2.75) is 33.5 Å². The third-order valence-corrected chi connectivity index (χ3v) is 9.22. The van der Waals surface area contributed by atoms with Crippen LogP contribution >= 0.6 is 11.8 Å². The maximum Gasteiger partial charge on any atom is 0.212 e. The van der Waals surface area contributed by atoms with Crippen molar-refractivity contribution in [1.82, 2.24) is 0 Å². The second kappa shape index (κ2) is 11.6. The molecular formula is C36H33NO3S. The third-order valence-electron chi connectivity index (χ3n) is 8.08. The Balaban J connectivity index is 1.54. The van der Waals surface area contributed by atoms with Crippen LogP contribution in [-0.4, -0.2) is 31.2 Å². The summed E-state index contributed by atoms with van der Waals surface area (Å²) in [4.78, 5) is 2.30. The van der Waals surface area contributed by atoms with Crippen molar-refractivity contribution < 1.29 is 14.6 Å². The minimum Gasteiger partial charge on any atom is -0.387 e. The van der Waals surface area contributed by atoms with Crippen LogP contribution in [0.5, 0.6) is 0 Å². The number of fused-ring (bicyclic) bond motifs is 2. The number of aliphatic hydroxyl groups excluding tert-OH is 1. The molecule has 0 amide bonds. The van der Waals surface area contributed by atoms with Gasteiger partial charge in [0.2, 0.25) is 5.79 Å². The molecule has 0 fully saturated rings. The van der Waals surface area contributed by atoms with Crippen molar-refractivity contribution in [3.05, 3.63) is 156 Å². The van der Waals surface area contributed by atoms with Gasteiger partial charge in [-0.2, -0.15) is 0 Å². The molecule has 0 spiro atoms. The number of aliphatic hydroxyl groups is 1. The molecule has 5 heteroatoms. The number of anilines is 2.